The monoisotopic (exact) mass is 360 g/mol. The van der Waals surface area contributed by atoms with E-state index in [0.29, 0.717) is 0 Å². The van der Waals surface area contributed by atoms with Crippen molar-refractivity contribution in [2.24, 2.45) is 0 Å². The van der Waals surface area contributed by atoms with Gasteiger partial charge in [0.2, 0.25) is 0 Å². The van der Waals surface area contributed by atoms with Crippen molar-refractivity contribution in [3.8, 4) is 0 Å². The fraction of sp³-hybridized carbons (Fsp3) is 0.571. The predicted molar refractivity (Wildman–Crippen MR) is 81.5 cm³/mol. The molecule has 4 unspecified atom stereocenters. The Bertz CT molecular complexity index is 758. The lowest BCUT2D eigenvalue weighted by molar-refractivity contribution is -0.158. The number of carbonyl (C=O) groups excluding carboxylic acids is 2. The molecular formula is C14H17FN2O6S. The topological polar surface area (TPSA) is 99.6 Å². The summed E-state index contributed by atoms with van der Waals surface area (Å²) >= 11 is 4.83. The van der Waals surface area contributed by atoms with Crippen molar-refractivity contribution in [2.45, 2.75) is 44.9 Å². The van der Waals surface area contributed by atoms with Crippen LogP contribution in [-0.4, -0.2) is 46.0 Å². The highest BCUT2D eigenvalue weighted by atomic mass is 32.1. The zero-order chi connectivity index (χ0) is 18.1. The van der Waals surface area contributed by atoms with Crippen LogP contribution in [0.2, 0.25) is 0 Å². The molecule has 0 spiro atoms. The van der Waals surface area contributed by atoms with Crippen LogP contribution >= 0.6 is 12.2 Å². The van der Waals surface area contributed by atoms with Gasteiger partial charge in [0.15, 0.2) is 18.0 Å². The Morgan fingerprint density at radius 3 is 2.67 bits per heavy atom. The van der Waals surface area contributed by atoms with E-state index in [1.807, 2.05) is 0 Å². The molecule has 0 aliphatic carbocycles. The number of alkyl halides is 1. The van der Waals surface area contributed by atoms with Gasteiger partial charge in [-0.25, -0.2) is 9.18 Å². The third kappa shape index (κ3) is 3.70. The number of rotatable bonds is 4. The number of nitrogens with one attached hydrogen (secondary N) is 1. The normalized spacial score (nSPS) is 29.2. The van der Waals surface area contributed by atoms with Crippen molar-refractivity contribution in [3.05, 3.63) is 27.4 Å². The molecule has 132 valence electrons. The lowest BCUT2D eigenvalue weighted by atomic mass is 9.98. The standard InChI is InChI=1S/C14H17FN2O6S/c1-7(18)21-6-9-11(22-8(2)19)14(3,15)12(23-9)17-5-4-10(24)16-13(17)20/h4-5,9,11-12H,6H2,1-3H3,(H,16,20,24). The van der Waals surface area contributed by atoms with E-state index >= 15 is 4.39 Å². The molecule has 0 bridgehead atoms. The van der Waals surface area contributed by atoms with E-state index < -0.39 is 41.7 Å². The Morgan fingerprint density at radius 1 is 1.46 bits per heavy atom. The molecule has 1 aromatic heterocycles. The molecule has 8 nitrogen and oxygen atoms in total. The number of H-pyrrole nitrogens is 1. The van der Waals surface area contributed by atoms with Crippen LogP contribution in [0.15, 0.2) is 17.1 Å². The van der Waals surface area contributed by atoms with Crippen LogP contribution in [0.3, 0.4) is 0 Å². The number of nitrogens with zero attached hydrogens (tertiary/aromatic N) is 1. The summed E-state index contributed by atoms with van der Waals surface area (Å²) in [6.07, 6.45) is -2.52. The van der Waals surface area contributed by atoms with Crippen LogP contribution in [0.5, 0.6) is 0 Å². The van der Waals surface area contributed by atoms with Gasteiger partial charge in [-0.2, -0.15) is 0 Å². The van der Waals surface area contributed by atoms with Crippen molar-refractivity contribution in [3.63, 3.8) is 0 Å². The molecule has 2 rings (SSSR count). The first-order valence-electron chi connectivity index (χ1n) is 7.09. The van der Waals surface area contributed by atoms with E-state index in [1.54, 1.807) is 0 Å². The van der Waals surface area contributed by atoms with E-state index in [0.717, 1.165) is 18.4 Å². The summed E-state index contributed by atoms with van der Waals surface area (Å²) in [7, 11) is 0. The van der Waals surface area contributed by atoms with Gasteiger partial charge in [-0.05, 0) is 13.0 Å². The number of hydrogen-bond donors (Lipinski definition) is 1. The molecule has 0 amide bonds. The van der Waals surface area contributed by atoms with Gasteiger partial charge in [-0.15, -0.1) is 0 Å². The zero-order valence-electron chi connectivity index (χ0n) is 13.3. The smallest absolute Gasteiger partial charge is 0.328 e. The second kappa shape index (κ2) is 6.81. The van der Waals surface area contributed by atoms with Gasteiger partial charge in [0.05, 0.1) is 0 Å². The lowest BCUT2D eigenvalue weighted by Crippen LogP contribution is -2.45. The molecule has 2 heterocycles. The quantitative estimate of drug-likeness (QED) is 0.632. The molecule has 0 aromatic carbocycles. The van der Waals surface area contributed by atoms with Crippen LogP contribution in [0.1, 0.15) is 27.0 Å². The van der Waals surface area contributed by atoms with E-state index in [-0.39, 0.29) is 11.2 Å². The average Bonchev–Trinajstić information content (AvgIpc) is 2.68. The fourth-order valence-corrected chi connectivity index (χ4v) is 2.67. The van der Waals surface area contributed by atoms with Gasteiger partial charge in [0.25, 0.3) is 0 Å². The first-order valence-corrected chi connectivity index (χ1v) is 7.50. The third-order valence-corrected chi connectivity index (χ3v) is 3.77. The van der Waals surface area contributed by atoms with Crippen LogP contribution in [0.25, 0.3) is 0 Å². The summed E-state index contributed by atoms with van der Waals surface area (Å²) in [6, 6.07) is 1.40. The summed E-state index contributed by atoms with van der Waals surface area (Å²) in [5.41, 5.74) is -2.91. The van der Waals surface area contributed by atoms with Gasteiger partial charge in [-0.3, -0.25) is 19.1 Å². The number of hydrogen-bond acceptors (Lipinski definition) is 7. The molecule has 1 aliphatic rings. The number of esters is 2. The summed E-state index contributed by atoms with van der Waals surface area (Å²) in [6.45, 7) is 3.13. The third-order valence-electron chi connectivity index (χ3n) is 3.53. The highest BCUT2D eigenvalue weighted by Gasteiger charge is 2.58. The van der Waals surface area contributed by atoms with Gasteiger partial charge >= 0.3 is 17.6 Å². The number of halogens is 1. The van der Waals surface area contributed by atoms with E-state index in [2.05, 4.69) is 4.98 Å². The Labute approximate surface area is 141 Å². The molecule has 10 heteroatoms. The minimum atomic E-state index is -2.24. The summed E-state index contributed by atoms with van der Waals surface area (Å²) < 4.78 is 31.8. The van der Waals surface area contributed by atoms with Crippen LogP contribution in [0.4, 0.5) is 4.39 Å². The average molecular weight is 360 g/mol. The SMILES string of the molecule is CC(=O)OCC1OC(n2ccc(=S)[nH]c2=O)C(C)(F)C1OC(C)=O. The summed E-state index contributed by atoms with van der Waals surface area (Å²) in [5.74, 6) is -1.31. The van der Waals surface area contributed by atoms with Crippen LogP contribution in [0, 0.1) is 4.64 Å². The van der Waals surface area contributed by atoms with Gasteiger partial charge in [-0.1, -0.05) is 12.2 Å². The molecule has 1 saturated heterocycles. The van der Waals surface area contributed by atoms with Gasteiger partial charge < -0.3 is 14.2 Å². The van der Waals surface area contributed by atoms with Gasteiger partial charge in [0, 0.05) is 20.0 Å². The minimum absolute atomic E-state index is 0.183. The molecule has 4 atom stereocenters. The van der Waals surface area contributed by atoms with E-state index in [4.69, 9.17) is 26.4 Å². The first-order chi connectivity index (χ1) is 11.1. The number of ether oxygens (including phenoxy) is 3. The zero-order valence-corrected chi connectivity index (χ0v) is 14.1. The molecule has 0 saturated carbocycles. The second-order valence-electron chi connectivity index (χ2n) is 5.53. The number of aromatic amines is 1. The highest BCUT2D eigenvalue weighted by Crippen LogP contribution is 2.42. The van der Waals surface area contributed by atoms with Gasteiger partial charge in [0.1, 0.15) is 17.4 Å². The predicted octanol–water partition coefficient (Wildman–Crippen LogP) is 1.03. The van der Waals surface area contributed by atoms with Crippen molar-refractivity contribution in [2.75, 3.05) is 6.61 Å². The Hall–Kier alpha value is -2.07. The molecular weight excluding hydrogens is 343 g/mol. The Balaban J connectivity index is 2.38. The number of carbonyl (C=O) groups is 2. The van der Waals surface area contributed by atoms with Crippen molar-refractivity contribution in [1.29, 1.82) is 0 Å². The number of aromatic nitrogens is 2. The Kier molecular flexibility index (Phi) is 5.19. The summed E-state index contributed by atoms with van der Waals surface area (Å²) in [4.78, 5) is 36.6. The van der Waals surface area contributed by atoms with Crippen molar-refractivity contribution >= 4 is 24.2 Å². The maximum absolute atomic E-state index is 15.3. The molecule has 0 radical (unpaired) electrons. The largest absolute Gasteiger partial charge is 0.463 e. The Morgan fingerprint density at radius 2 is 2.12 bits per heavy atom. The molecule has 24 heavy (non-hydrogen) atoms. The van der Waals surface area contributed by atoms with E-state index in [1.165, 1.54) is 19.2 Å². The minimum Gasteiger partial charge on any atom is -0.463 e. The second-order valence-corrected chi connectivity index (χ2v) is 5.97. The van der Waals surface area contributed by atoms with Crippen molar-refractivity contribution < 1.29 is 28.2 Å². The first kappa shape index (κ1) is 18.3. The lowest BCUT2D eigenvalue weighted by Gasteiger charge is -2.27. The maximum atomic E-state index is 15.3. The summed E-state index contributed by atoms with van der Waals surface area (Å²) in [5, 5.41) is 0. The molecule has 1 fully saturated rings. The van der Waals surface area contributed by atoms with Crippen molar-refractivity contribution in [1.82, 2.24) is 9.55 Å². The van der Waals surface area contributed by atoms with Crippen LogP contribution in [-0.2, 0) is 23.8 Å². The van der Waals surface area contributed by atoms with E-state index in [9.17, 15) is 14.4 Å². The maximum Gasteiger partial charge on any atom is 0.328 e. The fourth-order valence-electron chi connectivity index (χ4n) is 2.52. The molecule has 1 aliphatic heterocycles. The van der Waals surface area contributed by atoms with Crippen LogP contribution < -0.4 is 5.69 Å². The molecule has 1 aromatic rings. The molecule has 1 N–H and O–H groups in total. The highest BCUT2D eigenvalue weighted by molar-refractivity contribution is 7.71.